The van der Waals surface area contributed by atoms with Crippen LogP contribution in [0.2, 0.25) is 0 Å². The van der Waals surface area contributed by atoms with Crippen LogP contribution >= 0.6 is 15.9 Å². The molecule has 2 aromatic carbocycles. The monoisotopic (exact) mass is 388 g/mol. The van der Waals surface area contributed by atoms with E-state index in [0.717, 1.165) is 10.0 Å². The summed E-state index contributed by atoms with van der Waals surface area (Å²) in [5, 5.41) is 3.49. The average molecular weight is 389 g/mol. The number of nitrogens with one attached hydrogen (secondary N) is 2. The Labute approximate surface area is 145 Å². The molecule has 1 amide bonds. The molecule has 0 unspecified atom stereocenters. The summed E-state index contributed by atoms with van der Waals surface area (Å²) in [5.41, 5.74) is 1.32. The van der Waals surface area contributed by atoms with E-state index < -0.39 is 0 Å². The molecule has 0 aliphatic carbocycles. The topological polar surface area (TPSA) is 62.0 Å². The highest BCUT2D eigenvalue weighted by atomic mass is 79.9. The highest BCUT2D eigenvalue weighted by Crippen LogP contribution is 2.21. The van der Waals surface area contributed by atoms with Gasteiger partial charge in [0.05, 0.1) is 11.6 Å². The van der Waals surface area contributed by atoms with Crippen molar-refractivity contribution in [1.29, 1.82) is 0 Å². The molecule has 122 valence electrons. The summed E-state index contributed by atoms with van der Waals surface area (Å²) >= 11 is 3.37. The van der Waals surface area contributed by atoms with Gasteiger partial charge in [-0.1, -0.05) is 28.1 Å². The summed E-state index contributed by atoms with van der Waals surface area (Å²) in [6.07, 6.45) is 0. The van der Waals surface area contributed by atoms with E-state index in [2.05, 4.69) is 26.2 Å². The second-order valence-electron chi connectivity index (χ2n) is 5.48. The molecule has 2 N–H and O–H groups in total. The van der Waals surface area contributed by atoms with Crippen molar-refractivity contribution in [2.75, 3.05) is 0 Å². The van der Waals surface area contributed by atoms with Gasteiger partial charge < -0.3 is 10.3 Å². The van der Waals surface area contributed by atoms with Crippen LogP contribution in [0.4, 0.5) is 4.39 Å². The molecule has 0 aliphatic heterocycles. The summed E-state index contributed by atoms with van der Waals surface area (Å²) in [5.74, 6) is -0.691. The zero-order valence-electron chi connectivity index (χ0n) is 12.8. The van der Waals surface area contributed by atoms with Gasteiger partial charge in [-0.15, -0.1) is 0 Å². The van der Waals surface area contributed by atoms with Crippen LogP contribution in [-0.4, -0.2) is 10.9 Å². The second-order valence-corrected chi connectivity index (χ2v) is 6.40. The van der Waals surface area contributed by atoms with E-state index in [-0.39, 0.29) is 23.3 Å². The molecule has 24 heavy (non-hydrogen) atoms. The molecule has 0 saturated heterocycles. The number of pyridine rings is 1. The van der Waals surface area contributed by atoms with Crippen molar-refractivity contribution in [2.45, 2.75) is 13.0 Å². The predicted molar refractivity (Wildman–Crippen MR) is 94.5 cm³/mol. The van der Waals surface area contributed by atoms with E-state index in [1.165, 1.54) is 18.2 Å². The molecule has 0 spiro atoms. The number of hydrogen-bond donors (Lipinski definition) is 2. The van der Waals surface area contributed by atoms with E-state index in [0.29, 0.717) is 16.5 Å². The highest BCUT2D eigenvalue weighted by Gasteiger charge is 2.15. The largest absolute Gasteiger partial charge is 0.345 e. The van der Waals surface area contributed by atoms with E-state index >= 15 is 0 Å². The Balaban J connectivity index is 1.95. The standard InChI is InChI=1S/C18H14BrFN2O2/c1-10(11-2-5-13(20)6-3-11)21-18(24)15-9-17(23)22-16-7-4-12(19)8-14(15)16/h2-10H,1H3,(H,21,24)(H,22,23)/t10-/m1/s1. The lowest BCUT2D eigenvalue weighted by atomic mass is 10.1. The third kappa shape index (κ3) is 3.38. The maximum absolute atomic E-state index is 13.0. The van der Waals surface area contributed by atoms with Gasteiger partial charge in [0.2, 0.25) is 5.56 Å². The lowest BCUT2D eigenvalue weighted by Gasteiger charge is -2.15. The molecule has 1 heterocycles. The van der Waals surface area contributed by atoms with Crippen molar-refractivity contribution in [1.82, 2.24) is 10.3 Å². The number of amides is 1. The van der Waals surface area contributed by atoms with Gasteiger partial charge in [-0.3, -0.25) is 9.59 Å². The quantitative estimate of drug-likeness (QED) is 0.713. The first-order valence-electron chi connectivity index (χ1n) is 7.33. The Morgan fingerprint density at radius 1 is 1.17 bits per heavy atom. The predicted octanol–water partition coefficient (Wildman–Crippen LogP) is 3.92. The van der Waals surface area contributed by atoms with Gasteiger partial charge in [0.25, 0.3) is 5.91 Å². The van der Waals surface area contributed by atoms with Gasteiger partial charge in [0, 0.05) is 21.4 Å². The zero-order chi connectivity index (χ0) is 17.3. The first kappa shape index (κ1) is 16.4. The number of hydrogen-bond acceptors (Lipinski definition) is 2. The third-order valence-corrected chi connectivity index (χ3v) is 4.26. The Morgan fingerprint density at radius 2 is 1.88 bits per heavy atom. The van der Waals surface area contributed by atoms with E-state index in [1.807, 2.05) is 0 Å². The first-order chi connectivity index (χ1) is 11.4. The van der Waals surface area contributed by atoms with E-state index in [1.54, 1.807) is 37.3 Å². The van der Waals surface area contributed by atoms with E-state index in [9.17, 15) is 14.0 Å². The normalized spacial score (nSPS) is 12.1. The lowest BCUT2D eigenvalue weighted by Crippen LogP contribution is -2.28. The fourth-order valence-electron chi connectivity index (χ4n) is 2.52. The summed E-state index contributed by atoms with van der Waals surface area (Å²) in [6, 6.07) is 12.2. The molecule has 4 nitrogen and oxygen atoms in total. The fraction of sp³-hybridized carbons (Fsp3) is 0.111. The van der Waals surface area contributed by atoms with Gasteiger partial charge in [-0.05, 0) is 42.8 Å². The number of rotatable bonds is 3. The van der Waals surface area contributed by atoms with Crippen molar-refractivity contribution in [2.24, 2.45) is 0 Å². The number of halogens is 2. The minimum absolute atomic E-state index is 0.295. The number of carbonyl (C=O) groups is 1. The van der Waals surface area contributed by atoms with Gasteiger partial charge in [-0.2, -0.15) is 0 Å². The summed E-state index contributed by atoms with van der Waals surface area (Å²) in [7, 11) is 0. The summed E-state index contributed by atoms with van der Waals surface area (Å²) in [6.45, 7) is 1.80. The molecule has 1 atom stereocenters. The molecule has 3 aromatic rings. The first-order valence-corrected chi connectivity index (χ1v) is 8.12. The number of aromatic nitrogens is 1. The summed E-state index contributed by atoms with van der Waals surface area (Å²) in [4.78, 5) is 27.1. The van der Waals surface area contributed by atoms with Crippen molar-refractivity contribution in [3.63, 3.8) is 0 Å². The number of H-pyrrole nitrogens is 1. The molecule has 3 rings (SSSR count). The molecule has 0 aliphatic rings. The van der Waals surface area contributed by atoms with Crippen LogP contribution in [0.15, 0.2) is 57.8 Å². The number of fused-ring (bicyclic) bond motifs is 1. The van der Waals surface area contributed by atoms with Crippen LogP contribution in [0.1, 0.15) is 28.9 Å². The minimum Gasteiger partial charge on any atom is -0.345 e. The Morgan fingerprint density at radius 3 is 2.58 bits per heavy atom. The SMILES string of the molecule is C[C@@H](NC(=O)c1cc(=O)[nH]c2ccc(Br)cc12)c1ccc(F)cc1. The molecule has 1 aromatic heterocycles. The Bertz CT molecular complexity index is 967. The highest BCUT2D eigenvalue weighted by molar-refractivity contribution is 9.10. The number of benzene rings is 2. The van der Waals surface area contributed by atoms with Crippen LogP contribution in [0.3, 0.4) is 0 Å². The van der Waals surface area contributed by atoms with Crippen molar-refractivity contribution in [3.8, 4) is 0 Å². The van der Waals surface area contributed by atoms with Crippen molar-refractivity contribution < 1.29 is 9.18 Å². The molecule has 0 fully saturated rings. The van der Waals surface area contributed by atoms with Crippen molar-refractivity contribution in [3.05, 3.63) is 80.3 Å². The van der Waals surface area contributed by atoms with Gasteiger partial charge in [0.15, 0.2) is 0 Å². The van der Waals surface area contributed by atoms with E-state index in [4.69, 9.17) is 0 Å². The minimum atomic E-state index is -0.360. The van der Waals surface area contributed by atoms with Crippen LogP contribution in [0.25, 0.3) is 10.9 Å². The molecule has 6 heteroatoms. The Kier molecular flexibility index (Phi) is 4.49. The number of aromatic amines is 1. The Hall–Kier alpha value is -2.47. The zero-order valence-corrected chi connectivity index (χ0v) is 14.4. The molecule has 0 saturated carbocycles. The molecular formula is C18H14BrFN2O2. The maximum Gasteiger partial charge on any atom is 0.252 e. The van der Waals surface area contributed by atoms with Gasteiger partial charge in [0.1, 0.15) is 5.82 Å². The second kappa shape index (κ2) is 6.57. The maximum atomic E-state index is 13.0. The fourth-order valence-corrected chi connectivity index (χ4v) is 2.88. The van der Waals surface area contributed by atoms with Gasteiger partial charge in [-0.25, -0.2) is 4.39 Å². The summed E-state index contributed by atoms with van der Waals surface area (Å²) < 4.78 is 13.8. The molecule has 0 radical (unpaired) electrons. The van der Waals surface area contributed by atoms with Crippen LogP contribution in [-0.2, 0) is 0 Å². The third-order valence-electron chi connectivity index (χ3n) is 3.77. The van der Waals surface area contributed by atoms with Crippen LogP contribution in [0.5, 0.6) is 0 Å². The average Bonchev–Trinajstić information content (AvgIpc) is 2.55. The van der Waals surface area contributed by atoms with Crippen LogP contribution in [0, 0.1) is 5.82 Å². The lowest BCUT2D eigenvalue weighted by molar-refractivity contribution is 0.0941. The van der Waals surface area contributed by atoms with Gasteiger partial charge >= 0.3 is 0 Å². The smallest absolute Gasteiger partial charge is 0.252 e. The molecule has 0 bridgehead atoms. The number of carbonyl (C=O) groups excluding carboxylic acids is 1. The molecular weight excluding hydrogens is 375 g/mol. The van der Waals surface area contributed by atoms with Crippen LogP contribution < -0.4 is 10.9 Å². The van der Waals surface area contributed by atoms with Crippen molar-refractivity contribution >= 4 is 32.7 Å².